The van der Waals surface area contributed by atoms with Gasteiger partial charge in [0, 0.05) is 0 Å². The first-order valence-electron chi connectivity index (χ1n) is 11.6. The molecule has 0 aliphatic heterocycles. The second kappa shape index (κ2) is 18.3. The Labute approximate surface area is 223 Å². The van der Waals surface area contributed by atoms with Crippen LogP contribution in [0.1, 0.15) is 122 Å². The van der Waals surface area contributed by atoms with Crippen molar-refractivity contribution in [1.82, 2.24) is 0 Å². The molecule has 1 atom stereocenters. The van der Waals surface area contributed by atoms with Gasteiger partial charge >= 0.3 is 51.4 Å². The van der Waals surface area contributed by atoms with E-state index in [1.807, 2.05) is 12.1 Å². The maximum absolute atomic E-state index is 11.7. The Bertz CT molecular complexity index is 616. The van der Waals surface area contributed by atoms with Crippen LogP contribution in [0.15, 0.2) is 29.2 Å². The zero-order valence-corrected chi connectivity index (χ0v) is 23.1. The molecule has 0 fully saturated rings. The smallest absolute Gasteiger partial charge is 0.744 e. The number of benzene rings is 1. The molecule has 0 aliphatic rings. The third-order valence-corrected chi connectivity index (χ3v) is 6.60. The van der Waals surface area contributed by atoms with Crippen molar-refractivity contribution < 1.29 is 64.4 Å². The van der Waals surface area contributed by atoms with Crippen molar-refractivity contribution in [3.8, 4) is 0 Å². The summed E-state index contributed by atoms with van der Waals surface area (Å²) in [5, 5.41) is 0. The van der Waals surface area contributed by atoms with E-state index in [9.17, 15) is 13.0 Å². The predicted molar refractivity (Wildman–Crippen MR) is 118 cm³/mol. The Morgan fingerprint density at radius 3 is 1.59 bits per heavy atom. The summed E-state index contributed by atoms with van der Waals surface area (Å²) >= 11 is 0. The molecule has 0 N–H and O–H groups in total. The largest absolute Gasteiger partial charge is 1.00 e. The molecular weight excluding hydrogens is 407 g/mol. The maximum Gasteiger partial charge on any atom is 1.00 e. The average Bonchev–Trinajstić information content (AvgIpc) is 2.67. The molecular formula is C24H41KO3S. The van der Waals surface area contributed by atoms with Crippen molar-refractivity contribution in [2.24, 2.45) is 0 Å². The van der Waals surface area contributed by atoms with Gasteiger partial charge in [0.25, 0.3) is 0 Å². The topological polar surface area (TPSA) is 57.2 Å². The molecule has 162 valence electrons. The quantitative estimate of drug-likeness (QED) is 0.199. The summed E-state index contributed by atoms with van der Waals surface area (Å²) in [5.74, 6) is 0.182. The number of unbranched alkanes of at least 4 members (excludes halogenated alkanes) is 11. The van der Waals surface area contributed by atoms with Crippen LogP contribution < -0.4 is 51.4 Å². The minimum Gasteiger partial charge on any atom is -0.744 e. The van der Waals surface area contributed by atoms with Gasteiger partial charge in [-0.15, -0.1) is 0 Å². The molecule has 1 aromatic rings. The first-order valence-corrected chi connectivity index (χ1v) is 13.0. The zero-order valence-electron chi connectivity index (χ0n) is 19.1. The van der Waals surface area contributed by atoms with Crippen molar-refractivity contribution >= 4 is 10.1 Å². The summed E-state index contributed by atoms with van der Waals surface area (Å²) in [6.07, 6.45) is 18.1. The van der Waals surface area contributed by atoms with E-state index in [0.29, 0.717) is 0 Å². The Morgan fingerprint density at radius 2 is 1.14 bits per heavy atom. The third-order valence-electron chi connectivity index (χ3n) is 5.69. The van der Waals surface area contributed by atoms with Crippen LogP contribution >= 0.6 is 0 Å². The van der Waals surface area contributed by atoms with Crippen LogP contribution in [-0.2, 0) is 10.1 Å². The van der Waals surface area contributed by atoms with E-state index in [1.54, 1.807) is 6.07 Å². The van der Waals surface area contributed by atoms with Gasteiger partial charge in [-0.1, -0.05) is 116 Å². The van der Waals surface area contributed by atoms with Gasteiger partial charge in [-0.25, -0.2) is 8.42 Å². The zero-order chi connectivity index (χ0) is 20.7. The molecule has 0 heterocycles. The van der Waals surface area contributed by atoms with Crippen molar-refractivity contribution in [2.45, 2.75) is 121 Å². The molecule has 1 rings (SSSR count). The molecule has 0 saturated heterocycles. The molecule has 0 amide bonds. The number of rotatable bonds is 17. The van der Waals surface area contributed by atoms with Crippen molar-refractivity contribution in [3.63, 3.8) is 0 Å². The fourth-order valence-electron chi connectivity index (χ4n) is 4.02. The van der Waals surface area contributed by atoms with Crippen molar-refractivity contribution in [2.75, 3.05) is 0 Å². The number of hydrogen-bond donors (Lipinski definition) is 0. The van der Waals surface area contributed by atoms with Crippen molar-refractivity contribution in [1.29, 1.82) is 0 Å². The maximum atomic E-state index is 11.7. The molecule has 0 bridgehead atoms. The molecule has 3 nitrogen and oxygen atoms in total. The van der Waals surface area contributed by atoms with Crippen LogP contribution in [0.3, 0.4) is 0 Å². The minimum atomic E-state index is -4.42. The monoisotopic (exact) mass is 448 g/mol. The summed E-state index contributed by atoms with van der Waals surface area (Å²) in [6, 6.07) is 6.86. The van der Waals surface area contributed by atoms with Crippen LogP contribution in [0.25, 0.3) is 0 Å². The van der Waals surface area contributed by atoms with Gasteiger partial charge in [0.15, 0.2) is 0 Å². The summed E-state index contributed by atoms with van der Waals surface area (Å²) in [4.78, 5) is -0.00562. The van der Waals surface area contributed by atoms with Crippen LogP contribution in [0.4, 0.5) is 0 Å². The summed E-state index contributed by atoms with van der Waals surface area (Å²) < 4.78 is 35.2. The standard InChI is InChI=1S/C24H42O3S.K/c1-3-5-7-9-11-13-15-19-22(18-14-12-10-8-6-4-2)23-20-16-17-21-24(23)28(25,26)27;/h16-17,20-22H,3-15,18-19H2,1-2H3,(H,25,26,27);/q;+1/p-1. The van der Waals surface area contributed by atoms with Gasteiger partial charge in [0.2, 0.25) is 0 Å². The molecule has 0 saturated carbocycles. The minimum absolute atomic E-state index is 0. The molecule has 0 aliphatic carbocycles. The van der Waals surface area contributed by atoms with E-state index in [2.05, 4.69) is 13.8 Å². The van der Waals surface area contributed by atoms with E-state index in [0.717, 1.165) is 31.2 Å². The fraction of sp³-hybridized carbons (Fsp3) is 0.750. The first kappa shape index (κ1) is 29.8. The number of hydrogen-bond acceptors (Lipinski definition) is 3. The van der Waals surface area contributed by atoms with Gasteiger partial charge in [-0.2, -0.15) is 0 Å². The summed E-state index contributed by atoms with van der Waals surface area (Å²) in [5.41, 5.74) is 0.747. The summed E-state index contributed by atoms with van der Waals surface area (Å²) in [7, 11) is -4.42. The van der Waals surface area contributed by atoms with Crippen LogP contribution in [0.5, 0.6) is 0 Å². The molecule has 1 unspecified atom stereocenters. The van der Waals surface area contributed by atoms with E-state index < -0.39 is 10.1 Å². The average molecular weight is 449 g/mol. The Morgan fingerprint density at radius 1 is 0.724 bits per heavy atom. The molecule has 5 heteroatoms. The molecule has 0 aromatic heterocycles. The van der Waals surface area contributed by atoms with Gasteiger partial charge in [-0.3, -0.25) is 0 Å². The SMILES string of the molecule is CCCCCCCCCC(CCCCCCCC)c1ccccc1S(=O)(=O)[O-].[K+]. The van der Waals surface area contributed by atoms with Gasteiger partial charge in [0.1, 0.15) is 10.1 Å². The fourth-order valence-corrected chi connectivity index (χ4v) is 4.79. The molecule has 0 radical (unpaired) electrons. The molecule has 29 heavy (non-hydrogen) atoms. The second-order valence-electron chi connectivity index (χ2n) is 8.16. The van der Waals surface area contributed by atoms with E-state index in [-0.39, 0.29) is 62.2 Å². The predicted octanol–water partition coefficient (Wildman–Crippen LogP) is 4.57. The van der Waals surface area contributed by atoms with Gasteiger partial charge < -0.3 is 4.55 Å². The van der Waals surface area contributed by atoms with E-state index >= 15 is 0 Å². The van der Waals surface area contributed by atoms with E-state index in [1.165, 1.54) is 76.7 Å². The molecule has 0 spiro atoms. The van der Waals surface area contributed by atoms with Gasteiger partial charge in [-0.05, 0) is 30.4 Å². The summed E-state index contributed by atoms with van der Waals surface area (Å²) in [6.45, 7) is 4.45. The van der Waals surface area contributed by atoms with Gasteiger partial charge in [0.05, 0.1) is 4.90 Å². The first-order chi connectivity index (χ1) is 13.5. The Hall–Kier alpha value is 0.766. The third kappa shape index (κ3) is 13.7. The van der Waals surface area contributed by atoms with Crippen LogP contribution in [0, 0.1) is 0 Å². The second-order valence-corrected chi connectivity index (χ2v) is 9.50. The van der Waals surface area contributed by atoms with E-state index in [4.69, 9.17) is 0 Å². The molecule has 1 aromatic carbocycles. The Balaban J connectivity index is 0.00000784. The van der Waals surface area contributed by atoms with Crippen LogP contribution in [0.2, 0.25) is 0 Å². The Kier molecular flexibility index (Phi) is 18.8. The normalized spacial score (nSPS) is 12.5. The van der Waals surface area contributed by atoms with Crippen molar-refractivity contribution in [3.05, 3.63) is 29.8 Å². The van der Waals surface area contributed by atoms with Crippen LogP contribution in [-0.4, -0.2) is 13.0 Å².